The molecule has 0 aromatic rings. The van der Waals surface area contributed by atoms with E-state index in [9.17, 15) is 0 Å². The van der Waals surface area contributed by atoms with Crippen molar-refractivity contribution < 1.29 is 0 Å². The molecule has 1 heterocycles. The van der Waals surface area contributed by atoms with Crippen LogP contribution in [-0.4, -0.2) is 42.1 Å². The first-order valence-electron chi connectivity index (χ1n) is 5.68. The Kier molecular flexibility index (Phi) is 5.28. The van der Waals surface area contributed by atoms with Crippen molar-refractivity contribution in [3.8, 4) is 0 Å². The predicted molar refractivity (Wildman–Crippen MR) is 65.8 cm³/mol. The topological polar surface area (TPSA) is 29.3 Å². The lowest BCUT2D eigenvalue weighted by Gasteiger charge is -2.36. The standard InChI is InChI=1S/C11H24N2S/c1-4-9(2)7-10(12)11-8-14-6-5-13(11)3/h9-11H,4-8,12H2,1-3H3. The molecule has 1 rings (SSSR count). The van der Waals surface area contributed by atoms with Crippen molar-refractivity contribution in [2.45, 2.75) is 38.8 Å². The van der Waals surface area contributed by atoms with Crippen molar-refractivity contribution in [3.05, 3.63) is 0 Å². The van der Waals surface area contributed by atoms with Crippen LogP contribution in [0.5, 0.6) is 0 Å². The van der Waals surface area contributed by atoms with E-state index in [1.807, 2.05) is 11.8 Å². The van der Waals surface area contributed by atoms with Gasteiger partial charge in [-0.05, 0) is 19.4 Å². The SMILES string of the molecule is CCC(C)CC(N)C1CSCCN1C. The van der Waals surface area contributed by atoms with Gasteiger partial charge >= 0.3 is 0 Å². The van der Waals surface area contributed by atoms with Gasteiger partial charge in [0.1, 0.15) is 0 Å². The molecule has 0 spiro atoms. The average molecular weight is 216 g/mol. The molecular weight excluding hydrogens is 192 g/mol. The Bertz CT molecular complexity index is 163. The first-order chi connectivity index (χ1) is 6.65. The van der Waals surface area contributed by atoms with Crippen LogP contribution in [0.4, 0.5) is 0 Å². The number of thioether (sulfide) groups is 1. The van der Waals surface area contributed by atoms with Gasteiger partial charge in [-0.1, -0.05) is 20.3 Å². The lowest BCUT2D eigenvalue weighted by molar-refractivity contribution is 0.218. The number of hydrogen-bond donors (Lipinski definition) is 1. The second kappa shape index (κ2) is 5.99. The van der Waals surface area contributed by atoms with Crippen molar-refractivity contribution in [3.63, 3.8) is 0 Å². The monoisotopic (exact) mass is 216 g/mol. The van der Waals surface area contributed by atoms with E-state index in [-0.39, 0.29) is 0 Å². The molecule has 1 aliphatic rings. The van der Waals surface area contributed by atoms with Crippen molar-refractivity contribution in [1.29, 1.82) is 0 Å². The summed E-state index contributed by atoms with van der Waals surface area (Å²) in [4.78, 5) is 2.43. The summed E-state index contributed by atoms with van der Waals surface area (Å²) >= 11 is 2.05. The number of nitrogens with zero attached hydrogens (tertiary/aromatic N) is 1. The first kappa shape index (κ1) is 12.3. The second-order valence-electron chi connectivity index (χ2n) is 4.54. The molecule has 0 bridgehead atoms. The quantitative estimate of drug-likeness (QED) is 0.777. The van der Waals surface area contributed by atoms with Gasteiger partial charge in [0.2, 0.25) is 0 Å². The molecule has 0 saturated carbocycles. The molecule has 1 aliphatic heterocycles. The lowest BCUT2D eigenvalue weighted by atomic mass is 9.95. The molecule has 3 heteroatoms. The molecule has 84 valence electrons. The Morgan fingerprint density at radius 3 is 2.86 bits per heavy atom. The highest BCUT2D eigenvalue weighted by Crippen LogP contribution is 2.20. The van der Waals surface area contributed by atoms with Crippen LogP contribution in [0.3, 0.4) is 0 Å². The van der Waals surface area contributed by atoms with Crippen LogP contribution >= 0.6 is 11.8 Å². The van der Waals surface area contributed by atoms with Gasteiger partial charge in [-0.25, -0.2) is 0 Å². The van der Waals surface area contributed by atoms with E-state index in [2.05, 4.69) is 25.8 Å². The van der Waals surface area contributed by atoms with Crippen LogP contribution < -0.4 is 5.73 Å². The maximum atomic E-state index is 6.26. The predicted octanol–water partition coefficient (Wildman–Crippen LogP) is 1.80. The molecule has 2 N–H and O–H groups in total. The molecule has 1 saturated heterocycles. The van der Waals surface area contributed by atoms with Crippen LogP contribution in [0.2, 0.25) is 0 Å². The average Bonchev–Trinajstić information content (AvgIpc) is 2.18. The maximum Gasteiger partial charge on any atom is 0.0335 e. The van der Waals surface area contributed by atoms with Gasteiger partial charge < -0.3 is 10.6 Å². The van der Waals surface area contributed by atoms with Crippen LogP contribution in [0.25, 0.3) is 0 Å². The molecule has 14 heavy (non-hydrogen) atoms. The number of rotatable bonds is 4. The van der Waals surface area contributed by atoms with Crippen LogP contribution in [0.1, 0.15) is 26.7 Å². The van der Waals surface area contributed by atoms with Crippen LogP contribution in [-0.2, 0) is 0 Å². The van der Waals surface area contributed by atoms with Gasteiger partial charge in [-0.3, -0.25) is 0 Å². The zero-order valence-electron chi connectivity index (χ0n) is 9.70. The minimum Gasteiger partial charge on any atom is -0.326 e. The third kappa shape index (κ3) is 3.44. The summed E-state index contributed by atoms with van der Waals surface area (Å²) in [6.07, 6.45) is 2.42. The highest BCUT2D eigenvalue weighted by atomic mass is 32.2. The van der Waals surface area contributed by atoms with Gasteiger partial charge in [0.15, 0.2) is 0 Å². The number of likely N-dealkylation sites (N-methyl/N-ethyl adjacent to an activating group) is 1. The summed E-state index contributed by atoms with van der Waals surface area (Å²) in [7, 11) is 2.21. The van der Waals surface area contributed by atoms with Crippen molar-refractivity contribution in [2.75, 3.05) is 25.1 Å². The molecule has 1 fully saturated rings. The second-order valence-corrected chi connectivity index (χ2v) is 5.69. The van der Waals surface area contributed by atoms with Gasteiger partial charge in [0.25, 0.3) is 0 Å². The van der Waals surface area contributed by atoms with Gasteiger partial charge in [-0.2, -0.15) is 11.8 Å². The Morgan fingerprint density at radius 2 is 2.29 bits per heavy atom. The summed E-state index contributed by atoms with van der Waals surface area (Å²) in [5.41, 5.74) is 6.26. The molecule has 0 radical (unpaired) electrons. The van der Waals surface area contributed by atoms with E-state index < -0.39 is 0 Å². The van der Waals surface area contributed by atoms with Gasteiger partial charge in [-0.15, -0.1) is 0 Å². The van der Waals surface area contributed by atoms with Crippen LogP contribution in [0.15, 0.2) is 0 Å². The number of hydrogen-bond acceptors (Lipinski definition) is 3. The molecule has 0 amide bonds. The van der Waals surface area contributed by atoms with Crippen molar-refractivity contribution >= 4 is 11.8 Å². The Labute approximate surface area is 92.6 Å². The van der Waals surface area contributed by atoms with Gasteiger partial charge in [0.05, 0.1) is 0 Å². The summed E-state index contributed by atoms with van der Waals surface area (Å²) in [5, 5.41) is 0. The highest BCUT2D eigenvalue weighted by Gasteiger charge is 2.25. The van der Waals surface area contributed by atoms with E-state index in [0.717, 1.165) is 5.92 Å². The molecule has 3 atom stereocenters. The fourth-order valence-electron chi connectivity index (χ4n) is 1.94. The van der Waals surface area contributed by atoms with Crippen molar-refractivity contribution in [1.82, 2.24) is 4.90 Å². The fraction of sp³-hybridized carbons (Fsp3) is 1.00. The van der Waals surface area contributed by atoms with E-state index in [1.54, 1.807) is 0 Å². The fourth-order valence-corrected chi connectivity index (χ4v) is 3.27. The molecule has 3 unspecified atom stereocenters. The van der Waals surface area contributed by atoms with Crippen molar-refractivity contribution in [2.24, 2.45) is 11.7 Å². The zero-order valence-corrected chi connectivity index (χ0v) is 10.5. The Hall–Kier alpha value is 0.270. The lowest BCUT2D eigenvalue weighted by Crippen LogP contribution is -2.51. The summed E-state index contributed by atoms with van der Waals surface area (Å²) in [6.45, 7) is 5.75. The zero-order chi connectivity index (χ0) is 10.6. The summed E-state index contributed by atoms with van der Waals surface area (Å²) in [5.74, 6) is 3.25. The largest absolute Gasteiger partial charge is 0.326 e. The number of nitrogens with two attached hydrogens (primary N) is 1. The maximum absolute atomic E-state index is 6.26. The molecule has 0 aliphatic carbocycles. The van der Waals surface area contributed by atoms with E-state index in [1.165, 1.54) is 30.9 Å². The smallest absolute Gasteiger partial charge is 0.0335 e. The minimum atomic E-state index is 0.364. The Morgan fingerprint density at radius 1 is 1.57 bits per heavy atom. The van der Waals surface area contributed by atoms with Gasteiger partial charge in [0, 0.05) is 30.1 Å². The minimum absolute atomic E-state index is 0.364. The van der Waals surface area contributed by atoms with Crippen LogP contribution in [0, 0.1) is 5.92 Å². The third-order valence-electron chi connectivity index (χ3n) is 3.31. The summed E-state index contributed by atoms with van der Waals surface area (Å²) < 4.78 is 0. The Balaban J connectivity index is 2.37. The van der Waals surface area contributed by atoms with E-state index >= 15 is 0 Å². The first-order valence-corrected chi connectivity index (χ1v) is 6.84. The van der Waals surface area contributed by atoms with E-state index in [4.69, 9.17) is 5.73 Å². The molecular formula is C11H24N2S. The summed E-state index contributed by atoms with van der Waals surface area (Å²) in [6, 6.07) is 0.963. The normalized spacial score (nSPS) is 28.7. The molecule has 0 aromatic heterocycles. The van der Waals surface area contributed by atoms with E-state index in [0.29, 0.717) is 12.1 Å². The molecule has 0 aromatic carbocycles. The third-order valence-corrected chi connectivity index (χ3v) is 4.36. The highest BCUT2D eigenvalue weighted by molar-refractivity contribution is 7.99. The molecule has 2 nitrogen and oxygen atoms in total.